The molecule has 3 rings (SSSR count). The Morgan fingerprint density at radius 3 is 2.79 bits per heavy atom. The Morgan fingerprint density at radius 1 is 1.10 bits per heavy atom. The van der Waals surface area contributed by atoms with E-state index in [1.165, 1.54) is 6.20 Å². The summed E-state index contributed by atoms with van der Waals surface area (Å²) in [5.41, 5.74) is 0.860. The van der Waals surface area contributed by atoms with Crippen LogP contribution in [0.2, 0.25) is 5.02 Å². The molecule has 0 fully saturated rings. The van der Waals surface area contributed by atoms with Gasteiger partial charge in [0, 0.05) is 23.3 Å². The third-order valence-electron chi connectivity index (χ3n) is 4.18. The van der Waals surface area contributed by atoms with Gasteiger partial charge in [-0.05, 0) is 42.3 Å². The van der Waals surface area contributed by atoms with Crippen molar-refractivity contribution in [3.05, 3.63) is 53.8 Å². The zero-order chi connectivity index (χ0) is 20.3. The Morgan fingerprint density at radius 2 is 1.97 bits per heavy atom. The van der Waals surface area contributed by atoms with Gasteiger partial charge in [-0.1, -0.05) is 43.0 Å². The number of rotatable bonds is 10. The molecule has 0 saturated heterocycles. The number of hydrogen-bond acceptors (Lipinski definition) is 6. The van der Waals surface area contributed by atoms with Gasteiger partial charge in [0.1, 0.15) is 0 Å². The second-order valence-electron chi connectivity index (χ2n) is 6.49. The second kappa shape index (κ2) is 11.1. The summed E-state index contributed by atoms with van der Waals surface area (Å²) in [4.78, 5) is 17.1. The first kappa shape index (κ1) is 20.7. The predicted octanol–water partition coefficient (Wildman–Crippen LogP) is 4.13. The van der Waals surface area contributed by atoms with Crippen molar-refractivity contribution in [1.82, 2.24) is 30.5 Å². The number of halogens is 1. The van der Waals surface area contributed by atoms with Crippen molar-refractivity contribution >= 4 is 17.7 Å². The number of carbonyl (C=O) groups excluding carboxylic acids is 1. The number of nitrogens with zero attached hydrogens (tertiary/aromatic N) is 5. The van der Waals surface area contributed by atoms with Crippen LogP contribution < -0.4 is 10.1 Å². The highest BCUT2D eigenvalue weighted by Crippen LogP contribution is 2.18. The van der Waals surface area contributed by atoms with E-state index in [0.717, 1.165) is 44.2 Å². The average molecular weight is 415 g/mol. The third-order valence-corrected chi connectivity index (χ3v) is 4.42. The summed E-state index contributed by atoms with van der Waals surface area (Å²) < 4.78 is 5.11. The van der Waals surface area contributed by atoms with Gasteiger partial charge in [-0.2, -0.15) is 4.80 Å². The number of amides is 1. The van der Waals surface area contributed by atoms with Crippen LogP contribution >= 0.6 is 11.6 Å². The van der Waals surface area contributed by atoms with Crippen molar-refractivity contribution < 1.29 is 9.53 Å². The van der Waals surface area contributed by atoms with E-state index < -0.39 is 6.09 Å². The normalized spacial score (nSPS) is 10.7. The van der Waals surface area contributed by atoms with Crippen LogP contribution in [0.15, 0.2) is 48.8 Å². The molecule has 0 atom stereocenters. The summed E-state index contributed by atoms with van der Waals surface area (Å²) in [6.45, 7) is 1.32. The predicted molar refractivity (Wildman–Crippen MR) is 110 cm³/mol. The lowest BCUT2D eigenvalue weighted by molar-refractivity contribution is 0.200. The van der Waals surface area contributed by atoms with Gasteiger partial charge in [0.2, 0.25) is 5.82 Å². The molecule has 3 aromatic rings. The molecule has 29 heavy (non-hydrogen) atoms. The van der Waals surface area contributed by atoms with E-state index in [-0.39, 0.29) is 0 Å². The minimum Gasteiger partial charge on any atom is -0.409 e. The summed E-state index contributed by atoms with van der Waals surface area (Å²) in [5.74, 6) is 1.02. The molecular weight excluding hydrogens is 392 g/mol. The van der Waals surface area contributed by atoms with Gasteiger partial charge in [0.25, 0.3) is 0 Å². The minimum absolute atomic E-state index is 0.435. The molecule has 2 heterocycles. The van der Waals surface area contributed by atoms with E-state index in [1.807, 2.05) is 24.3 Å². The van der Waals surface area contributed by atoms with Gasteiger partial charge in [-0.15, -0.1) is 10.2 Å². The Kier molecular flexibility index (Phi) is 7.94. The zero-order valence-corrected chi connectivity index (χ0v) is 16.8. The smallest absolute Gasteiger partial charge is 0.409 e. The Hall–Kier alpha value is -3.00. The van der Waals surface area contributed by atoms with Gasteiger partial charge in [0.15, 0.2) is 5.75 Å². The molecule has 1 aromatic carbocycles. The van der Waals surface area contributed by atoms with Crippen molar-refractivity contribution in [1.29, 1.82) is 0 Å². The van der Waals surface area contributed by atoms with Gasteiger partial charge < -0.3 is 10.1 Å². The number of carbonyl (C=O) groups is 1. The highest BCUT2D eigenvalue weighted by Gasteiger charge is 2.06. The van der Waals surface area contributed by atoms with E-state index in [4.69, 9.17) is 16.3 Å². The Balaban J connectivity index is 1.24. The number of pyridine rings is 1. The monoisotopic (exact) mass is 414 g/mol. The molecular formula is C20H23ClN6O2. The van der Waals surface area contributed by atoms with E-state index in [2.05, 4.69) is 25.7 Å². The average Bonchev–Trinajstić information content (AvgIpc) is 3.20. The molecule has 9 heteroatoms. The largest absolute Gasteiger partial charge is 0.412 e. The van der Waals surface area contributed by atoms with Crippen LogP contribution in [0.3, 0.4) is 0 Å². The first-order valence-corrected chi connectivity index (χ1v) is 9.98. The molecule has 0 spiro atoms. The molecule has 1 amide bonds. The number of hydrogen-bond donors (Lipinski definition) is 1. The number of nitrogens with one attached hydrogen (secondary N) is 1. The molecule has 0 saturated carbocycles. The summed E-state index contributed by atoms with van der Waals surface area (Å²) in [6.07, 6.45) is 7.73. The lowest BCUT2D eigenvalue weighted by Crippen LogP contribution is -2.27. The highest BCUT2D eigenvalue weighted by molar-refractivity contribution is 6.30. The molecule has 2 aromatic heterocycles. The summed E-state index contributed by atoms with van der Waals surface area (Å²) in [6, 6.07) is 10.8. The van der Waals surface area contributed by atoms with Crippen LogP contribution in [0.5, 0.6) is 5.75 Å². The van der Waals surface area contributed by atoms with E-state index in [9.17, 15) is 4.79 Å². The molecule has 0 aliphatic heterocycles. The number of aromatic nitrogens is 5. The fourth-order valence-corrected chi connectivity index (χ4v) is 2.92. The first-order valence-electron chi connectivity index (χ1n) is 9.60. The molecule has 0 aliphatic rings. The van der Waals surface area contributed by atoms with Crippen molar-refractivity contribution in [2.24, 2.45) is 0 Å². The maximum Gasteiger partial charge on any atom is 0.412 e. The van der Waals surface area contributed by atoms with Crippen LogP contribution in [0, 0.1) is 0 Å². The summed E-state index contributed by atoms with van der Waals surface area (Å²) in [7, 11) is 0. The fraction of sp³-hybridized carbons (Fsp3) is 0.350. The van der Waals surface area contributed by atoms with Crippen LogP contribution in [-0.2, 0) is 6.54 Å². The fourth-order valence-electron chi connectivity index (χ4n) is 2.73. The highest BCUT2D eigenvalue weighted by atomic mass is 35.5. The summed E-state index contributed by atoms with van der Waals surface area (Å²) in [5, 5.41) is 16.0. The standard InChI is InChI=1S/C20H23ClN6O2/c21-17-9-6-8-16(14-17)19-24-26-27(25-19)13-5-3-1-2-4-12-23-20(28)29-18-10-7-11-22-15-18/h6-11,14-15H,1-5,12-13H2,(H,23,28). The Labute approximate surface area is 174 Å². The van der Waals surface area contributed by atoms with Crippen LogP contribution in [0.1, 0.15) is 32.1 Å². The van der Waals surface area contributed by atoms with E-state index >= 15 is 0 Å². The molecule has 0 bridgehead atoms. The molecule has 8 nitrogen and oxygen atoms in total. The van der Waals surface area contributed by atoms with Crippen molar-refractivity contribution in [2.75, 3.05) is 6.54 Å². The molecule has 0 unspecified atom stereocenters. The molecule has 1 N–H and O–H groups in total. The van der Waals surface area contributed by atoms with Crippen molar-refractivity contribution in [3.8, 4) is 17.1 Å². The quantitative estimate of drug-likeness (QED) is 0.501. The lowest BCUT2D eigenvalue weighted by atomic mass is 10.1. The first-order chi connectivity index (χ1) is 14.2. The molecule has 0 radical (unpaired) electrons. The number of tetrazole rings is 1. The summed E-state index contributed by atoms with van der Waals surface area (Å²) >= 11 is 5.99. The molecule has 152 valence electrons. The van der Waals surface area contributed by atoms with Gasteiger partial charge in [-0.3, -0.25) is 4.98 Å². The van der Waals surface area contributed by atoms with E-state index in [1.54, 1.807) is 23.1 Å². The van der Waals surface area contributed by atoms with Crippen LogP contribution in [0.4, 0.5) is 4.79 Å². The van der Waals surface area contributed by atoms with Crippen molar-refractivity contribution in [2.45, 2.75) is 38.6 Å². The lowest BCUT2D eigenvalue weighted by Gasteiger charge is -2.06. The van der Waals surface area contributed by atoms with E-state index in [0.29, 0.717) is 23.1 Å². The van der Waals surface area contributed by atoms with Crippen LogP contribution in [0.25, 0.3) is 11.4 Å². The van der Waals surface area contributed by atoms with Crippen LogP contribution in [-0.4, -0.2) is 37.8 Å². The number of aryl methyl sites for hydroxylation is 1. The van der Waals surface area contributed by atoms with Gasteiger partial charge >= 0.3 is 6.09 Å². The molecule has 0 aliphatic carbocycles. The maximum absolute atomic E-state index is 11.6. The maximum atomic E-state index is 11.6. The minimum atomic E-state index is -0.453. The third kappa shape index (κ3) is 7.15. The Bertz CT molecular complexity index is 903. The SMILES string of the molecule is O=C(NCCCCCCCn1nnc(-c2cccc(Cl)c2)n1)Oc1cccnc1. The van der Waals surface area contributed by atoms with Gasteiger partial charge in [0.05, 0.1) is 12.7 Å². The van der Waals surface area contributed by atoms with Gasteiger partial charge in [-0.25, -0.2) is 4.79 Å². The topological polar surface area (TPSA) is 94.8 Å². The zero-order valence-electron chi connectivity index (χ0n) is 16.0. The number of benzene rings is 1. The second-order valence-corrected chi connectivity index (χ2v) is 6.93. The van der Waals surface area contributed by atoms with Crippen molar-refractivity contribution in [3.63, 3.8) is 0 Å². The number of ether oxygens (including phenoxy) is 1. The number of unbranched alkanes of at least 4 members (excludes halogenated alkanes) is 4.